The summed E-state index contributed by atoms with van der Waals surface area (Å²) in [6.07, 6.45) is 3.57. The number of nitrogens with zero attached hydrogens (tertiary/aromatic N) is 5. The third-order valence-corrected chi connectivity index (χ3v) is 3.98. The highest BCUT2D eigenvalue weighted by Gasteiger charge is 2.32. The van der Waals surface area contributed by atoms with Gasteiger partial charge in [0.1, 0.15) is 6.26 Å². The van der Waals surface area contributed by atoms with Gasteiger partial charge in [-0.05, 0) is 12.3 Å². The van der Waals surface area contributed by atoms with Gasteiger partial charge in [-0.1, -0.05) is 24.2 Å². The molecular weight excluding hydrogens is 302 g/mol. The molecule has 122 valence electrons. The summed E-state index contributed by atoms with van der Waals surface area (Å²) in [5, 5.41) is 20.2. The highest BCUT2D eigenvalue weighted by Crippen LogP contribution is 2.25. The molecule has 1 fully saturated rings. The second-order valence-electron chi connectivity index (χ2n) is 5.86. The maximum atomic E-state index is 12.6. The average molecular weight is 319 g/mol. The Kier molecular flexibility index (Phi) is 3.85. The summed E-state index contributed by atoms with van der Waals surface area (Å²) >= 11 is 0. The monoisotopic (exact) mass is 319 g/mol. The molecule has 0 aromatic carbocycles. The first-order chi connectivity index (χ1) is 11.0. The van der Waals surface area contributed by atoms with Crippen molar-refractivity contribution in [2.75, 3.05) is 13.1 Å². The fourth-order valence-corrected chi connectivity index (χ4v) is 2.66. The van der Waals surface area contributed by atoms with E-state index in [9.17, 15) is 9.59 Å². The van der Waals surface area contributed by atoms with Crippen LogP contribution in [0.5, 0.6) is 0 Å². The van der Waals surface area contributed by atoms with Crippen LogP contribution in [-0.2, 0) is 0 Å². The van der Waals surface area contributed by atoms with Crippen LogP contribution < -0.4 is 0 Å². The second-order valence-corrected chi connectivity index (χ2v) is 5.86. The van der Waals surface area contributed by atoms with E-state index in [4.69, 9.17) is 9.63 Å². The molecule has 3 rings (SSSR count). The predicted molar refractivity (Wildman–Crippen MR) is 77.1 cm³/mol. The van der Waals surface area contributed by atoms with E-state index in [-0.39, 0.29) is 23.6 Å². The molecule has 0 saturated carbocycles. The maximum absolute atomic E-state index is 12.6. The molecule has 0 aliphatic carbocycles. The maximum Gasteiger partial charge on any atom is 0.358 e. The van der Waals surface area contributed by atoms with Crippen LogP contribution in [0, 0.1) is 0 Å². The minimum atomic E-state index is -1.12. The summed E-state index contributed by atoms with van der Waals surface area (Å²) in [6, 6.07) is -0.0889. The fraction of sp³-hybridized carbons (Fsp3) is 0.500. The molecule has 1 saturated heterocycles. The van der Waals surface area contributed by atoms with Gasteiger partial charge in [-0.2, -0.15) is 0 Å². The largest absolute Gasteiger partial charge is 0.476 e. The van der Waals surface area contributed by atoms with Crippen molar-refractivity contribution >= 4 is 11.9 Å². The third-order valence-electron chi connectivity index (χ3n) is 3.98. The smallest absolute Gasteiger partial charge is 0.358 e. The van der Waals surface area contributed by atoms with E-state index in [1.807, 2.05) is 13.8 Å². The van der Waals surface area contributed by atoms with E-state index in [0.717, 1.165) is 5.56 Å². The molecule has 0 spiro atoms. The number of hydrogen-bond acceptors (Lipinski definition) is 6. The lowest BCUT2D eigenvalue weighted by molar-refractivity contribution is 0.0689. The molecular formula is C14H17N5O4. The summed E-state index contributed by atoms with van der Waals surface area (Å²) in [5.74, 6) is -1.15. The van der Waals surface area contributed by atoms with Gasteiger partial charge in [-0.25, -0.2) is 9.48 Å². The molecule has 1 N–H and O–H groups in total. The van der Waals surface area contributed by atoms with E-state index in [1.54, 1.807) is 4.90 Å². The third kappa shape index (κ3) is 2.81. The van der Waals surface area contributed by atoms with Gasteiger partial charge in [-0.15, -0.1) is 5.10 Å². The zero-order valence-electron chi connectivity index (χ0n) is 12.8. The van der Waals surface area contributed by atoms with Crippen LogP contribution in [0.25, 0.3) is 0 Å². The first-order valence-electron chi connectivity index (χ1n) is 7.36. The highest BCUT2D eigenvalue weighted by molar-refractivity contribution is 5.94. The number of likely N-dealkylation sites (tertiary alicyclic amines) is 1. The molecule has 1 amide bonds. The van der Waals surface area contributed by atoms with E-state index in [2.05, 4.69) is 15.5 Å². The Hall–Kier alpha value is -2.71. The van der Waals surface area contributed by atoms with Crippen LogP contribution >= 0.6 is 0 Å². The van der Waals surface area contributed by atoms with Crippen molar-refractivity contribution in [2.45, 2.75) is 32.2 Å². The highest BCUT2D eigenvalue weighted by atomic mass is 16.5. The minimum Gasteiger partial charge on any atom is -0.476 e. The second kappa shape index (κ2) is 5.82. The SMILES string of the molecule is CC(C)c1conc1C(=O)N1CCC(n2cc(C(=O)O)nn2)C1. The molecule has 1 aliphatic rings. The molecule has 1 unspecified atom stereocenters. The van der Waals surface area contributed by atoms with E-state index in [1.165, 1.54) is 17.1 Å². The van der Waals surface area contributed by atoms with Gasteiger partial charge in [-0.3, -0.25) is 4.79 Å². The van der Waals surface area contributed by atoms with Crippen molar-refractivity contribution in [3.63, 3.8) is 0 Å². The van der Waals surface area contributed by atoms with Crippen molar-refractivity contribution in [1.29, 1.82) is 0 Å². The lowest BCUT2D eigenvalue weighted by Crippen LogP contribution is -2.30. The quantitative estimate of drug-likeness (QED) is 0.899. The summed E-state index contributed by atoms with van der Waals surface area (Å²) < 4.78 is 6.44. The number of aromatic nitrogens is 4. The van der Waals surface area contributed by atoms with Crippen LogP contribution in [0.2, 0.25) is 0 Å². The Bertz CT molecular complexity index is 735. The van der Waals surface area contributed by atoms with Gasteiger partial charge in [0.05, 0.1) is 12.2 Å². The normalized spacial score (nSPS) is 17.9. The van der Waals surface area contributed by atoms with E-state index < -0.39 is 5.97 Å². The van der Waals surface area contributed by atoms with Gasteiger partial charge in [0.25, 0.3) is 5.91 Å². The van der Waals surface area contributed by atoms with Crippen molar-refractivity contribution in [2.24, 2.45) is 0 Å². The van der Waals surface area contributed by atoms with Gasteiger partial charge in [0, 0.05) is 18.7 Å². The molecule has 2 aromatic heterocycles. The molecule has 0 radical (unpaired) electrons. The number of carbonyl (C=O) groups is 2. The molecule has 23 heavy (non-hydrogen) atoms. The number of rotatable bonds is 4. The number of aromatic carboxylic acids is 1. The number of hydrogen-bond donors (Lipinski definition) is 1. The molecule has 9 heteroatoms. The Balaban J connectivity index is 1.72. The standard InChI is InChI=1S/C14H17N5O4/c1-8(2)10-7-23-16-12(10)13(20)18-4-3-9(5-18)19-6-11(14(21)22)15-17-19/h6-9H,3-5H2,1-2H3,(H,21,22). The van der Waals surface area contributed by atoms with Crippen molar-refractivity contribution in [3.05, 3.63) is 29.4 Å². The fourth-order valence-electron chi connectivity index (χ4n) is 2.66. The number of carbonyl (C=O) groups excluding carboxylic acids is 1. The van der Waals surface area contributed by atoms with Crippen LogP contribution in [0.3, 0.4) is 0 Å². The van der Waals surface area contributed by atoms with Crippen molar-refractivity contribution in [3.8, 4) is 0 Å². The van der Waals surface area contributed by atoms with Crippen LogP contribution in [0.15, 0.2) is 17.0 Å². The number of amides is 1. The zero-order valence-corrected chi connectivity index (χ0v) is 12.8. The molecule has 1 atom stereocenters. The number of carboxylic acid groups (broad SMARTS) is 1. The Morgan fingerprint density at radius 1 is 1.43 bits per heavy atom. The molecule has 2 aromatic rings. The molecule has 1 aliphatic heterocycles. The Morgan fingerprint density at radius 3 is 2.87 bits per heavy atom. The first-order valence-corrected chi connectivity index (χ1v) is 7.36. The van der Waals surface area contributed by atoms with E-state index >= 15 is 0 Å². The predicted octanol–water partition coefficient (Wildman–Crippen LogP) is 1.17. The summed E-state index contributed by atoms with van der Waals surface area (Å²) in [4.78, 5) is 25.1. The van der Waals surface area contributed by atoms with Crippen LogP contribution in [0.1, 0.15) is 58.8 Å². The zero-order chi connectivity index (χ0) is 16.6. The first kappa shape index (κ1) is 15.2. The average Bonchev–Trinajstić information content (AvgIpc) is 3.24. The van der Waals surface area contributed by atoms with Crippen molar-refractivity contribution in [1.82, 2.24) is 25.1 Å². The Morgan fingerprint density at radius 2 is 2.22 bits per heavy atom. The lowest BCUT2D eigenvalue weighted by Gasteiger charge is -2.16. The molecule has 9 nitrogen and oxygen atoms in total. The Labute approximate surface area is 131 Å². The van der Waals surface area contributed by atoms with Gasteiger partial charge >= 0.3 is 5.97 Å². The van der Waals surface area contributed by atoms with Gasteiger partial charge < -0.3 is 14.5 Å². The van der Waals surface area contributed by atoms with E-state index in [0.29, 0.717) is 25.2 Å². The topological polar surface area (TPSA) is 114 Å². The molecule has 3 heterocycles. The van der Waals surface area contributed by atoms with Crippen molar-refractivity contribution < 1.29 is 19.2 Å². The lowest BCUT2D eigenvalue weighted by atomic mass is 10.0. The van der Waals surface area contributed by atoms with Crippen LogP contribution in [0.4, 0.5) is 0 Å². The van der Waals surface area contributed by atoms with Gasteiger partial charge in [0.2, 0.25) is 0 Å². The number of carboxylic acids is 1. The molecule has 0 bridgehead atoms. The van der Waals surface area contributed by atoms with Crippen LogP contribution in [-0.4, -0.2) is 55.1 Å². The summed E-state index contributed by atoms with van der Waals surface area (Å²) in [7, 11) is 0. The summed E-state index contributed by atoms with van der Waals surface area (Å²) in [5.41, 5.74) is 1.02. The summed E-state index contributed by atoms with van der Waals surface area (Å²) in [6.45, 7) is 4.93. The minimum absolute atomic E-state index is 0.0889. The van der Waals surface area contributed by atoms with Gasteiger partial charge in [0.15, 0.2) is 11.4 Å².